The number of hydrogen-bond acceptors (Lipinski definition) is 3. The molecule has 4 rings (SSSR count). The number of halogens is 3. The van der Waals surface area contributed by atoms with Crippen LogP contribution in [0.1, 0.15) is 41.1 Å². The van der Waals surface area contributed by atoms with Crippen LogP contribution in [0.15, 0.2) is 42.5 Å². The Bertz CT molecular complexity index is 1100. The number of carbonyl (C=O) groups is 3. The third-order valence-corrected chi connectivity index (χ3v) is 7.77. The average molecular weight is 509 g/mol. The summed E-state index contributed by atoms with van der Waals surface area (Å²) in [6, 6.07) is 11.9. The molecule has 1 saturated heterocycles. The summed E-state index contributed by atoms with van der Waals surface area (Å²) in [5.41, 5.74) is 5.84. The van der Waals surface area contributed by atoms with E-state index in [-0.39, 0.29) is 23.8 Å². The van der Waals surface area contributed by atoms with Crippen LogP contribution in [-0.2, 0) is 9.59 Å². The van der Waals surface area contributed by atoms with E-state index in [1.807, 2.05) is 6.07 Å². The van der Waals surface area contributed by atoms with Crippen molar-refractivity contribution < 1.29 is 14.4 Å². The second kappa shape index (κ2) is 9.16. The van der Waals surface area contributed by atoms with Gasteiger partial charge in [-0.3, -0.25) is 14.4 Å². The van der Waals surface area contributed by atoms with Gasteiger partial charge in [0.2, 0.25) is 11.8 Å². The zero-order valence-corrected chi connectivity index (χ0v) is 20.3. The number of likely N-dealkylation sites (N-methyl/N-ethyl adjacent to an activating group) is 1. The molecule has 3 amide bonds. The molecular formula is C24H24Cl3N3O3. The Morgan fingerprint density at radius 1 is 1.03 bits per heavy atom. The fourth-order valence-electron chi connectivity index (χ4n) is 4.60. The van der Waals surface area contributed by atoms with E-state index in [0.29, 0.717) is 53.0 Å². The molecule has 0 unspecified atom stereocenters. The van der Waals surface area contributed by atoms with Crippen molar-refractivity contribution in [2.24, 2.45) is 11.1 Å². The Morgan fingerprint density at radius 3 is 2.27 bits per heavy atom. The molecule has 0 bridgehead atoms. The van der Waals surface area contributed by atoms with E-state index in [0.717, 1.165) is 5.56 Å². The number of likely N-dealkylation sites (tertiary alicyclic amines) is 1. The predicted octanol–water partition coefficient (Wildman–Crippen LogP) is 4.37. The molecule has 2 N–H and O–H groups in total. The van der Waals surface area contributed by atoms with Gasteiger partial charge in [-0.25, -0.2) is 0 Å². The maximum atomic E-state index is 13.2. The van der Waals surface area contributed by atoms with Gasteiger partial charge < -0.3 is 15.5 Å². The van der Waals surface area contributed by atoms with Crippen LogP contribution in [0.25, 0.3) is 0 Å². The lowest BCUT2D eigenvalue weighted by atomic mass is 9.84. The number of hydrogen-bond donors (Lipinski definition) is 1. The van der Waals surface area contributed by atoms with E-state index in [2.05, 4.69) is 0 Å². The van der Waals surface area contributed by atoms with Crippen LogP contribution in [0.2, 0.25) is 15.1 Å². The average Bonchev–Trinajstić information content (AvgIpc) is 3.62. The molecule has 0 spiro atoms. The summed E-state index contributed by atoms with van der Waals surface area (Å²) in [7, 11) is 1.76. The van der Waals surface area contributed by atoms with E-state index in [1.165, 1.54) is 0 Å². The number of nitrogens with zero attached hydrogens (tertiary/aromatic N) is 2. The van der Waals surface area contributed by atoms with Gasteiger partial charge in [0.15, 0.2) is 0 Å². The van der Waals surface area contributed by atoms with Crippen molar-refractivity contribution in [1.29, 1.82) is 0 Å². The summed E-state index contributed by atoms with van der Waals surface area (Å²) >= 11 is 18.4. The van der Waals surface area contributed by atoms with Crippen molar-refractivity contribution >= 4 is 52.5 Å². The first-order chi connectivity index (χ1) is 15.6. The van der Waals surface area contributed by atoms with Gasteiger partial charge in [-0.2, -0.15) is 0 Å². The van der Waals surface area contributed by atoms with E-state index in [1.54, 1.807) is 53.2 Å². The second-order valence-corrected chi connectivity index (χ2v) is 10.0. The number of amides is 3. The molecule has 0 aromatic heterocycles. The van der Waals surface area contributed by atoms with Crippen molar-refractivity contribution in [2.75, 3.05) is 20.1 Å². The molecule has 0 radical (unpaired) electrons. The van der Waals surface area contributed by atoms with Gasteiger partial charge in [-0.1, -0.05) is 40.9 Å². The van der Waals surface area contributed by atoms with Gasteiger partial charge in [0.05, 0.1) is 10.0 Å². The van der Waals surface area contributed by atoms with E-state index in [4.69, 9.17) is 40.5 Å². The molecule has 6 nitrogen and oxygen atoms in total. The Labute approximate surface area is 207 Å². The van der Waals surface area contributed by atoms with E-state index >= 15 is 0 Å². The second-order valence-electron chi connectivity index (χ2n) is 8.76. The monoisotopic (exact) mass is 507 g/mol. The Kier molecular flexibility index (Phi) is 6.63. The van der Waals surface area contributed by atoms with Crippen LogP contribution in [-0.4, -0.2) is 53.7 Å². The minimum Gasteiger partial charge on any atom is -0.369 e. The van der Waals surface area contributed by atoms with Crippen LogP contribution >= 0.6 is 34.8 Å². The van der Waals surface area contributed by atoms with Gasteiger partial charge in [-0.15, -0.1) is 0 Å². The van der Waals surface area contributed by atoms with Gasteiger partial charge in [0.1, 0.15) is 5.41 Å². The standard InChI is InChI=1S/C24H24Cl3N3O3/c1-29(21(31)14-2-5-16(25)6-3-14)20-8-11-30(23(33)24(9-10-24)22(28)32)13-17(20)15-4-7-18(26)19(27)12-15/h2-7,12,17,20H,8-11,13H2,1H3,(H2,28,32)/t17-,20+/m0/s1. The molecule has 1 aliphatic heterocycles. The summed E-state index contributed by atoms with van der Waals surface area (Å²) in [6.07, 6.45) is 1.50. The Hall–Kier alpha value is -2.28. The van der Waals surface area contributed by atoms with Crippen LogP contribution < -0.4 is 5.73 Å². The smallest absolute Gasteiger partial charge is 0.253 e. The van der Waals surface area contributed by atoms with Crippen LogP contribution in [0.4, 0.5) is 0 Å². The number of piperidine rings is 1. The minimum absolute atomic E-state index is 0.141. The molecule has 2 aromatic rings. The van der Waals surface area contributed by atoms with Crippen LogP contribution in [0.3, 0.4) is 0 Å². The lowest BCUT2D eigenvalue weighted by Crippen LogP contribution is -2.54. The molecule has 1 aliphatic carbocycles. The highest BCUT2D eigenvalue weighted by molar-refractivity contribution is 6.42. The molecule has 174 valence electrons. The van der Waals surface area contributed by atoms with E-state index < -0.39 is 11.3 Å². The molecule has 2 fully saturated rings. The first-order valence-electron chi connectivity index (χ1n) is 10.7. The fraction of sp³-hybridized carbons (Fsp3) is 0.375. The molecule has 2 aromatic carbocycles. The van der Waals surface area contributed by atoms with Gasteiger partial charge in [0, 0.05) is 42.7 Å². The molecular weight excluding hydrogens is 485 g/mol. The van der Waals surface area contributed by atoms with Gasteiger partial charge in [-0.05, 0) is 61.2 Å². The molecule has 33 heavy (non-hydrogen) atoms. The van der Waals surface area contributed by atoms with Gasteiger partial charge >= 0.3 is 0 Å². The van der Waals surface area contributed by atoms with Crippen molar-refractivity contribution in [1.82, 2.24) is 9.80 Å². The van der Waals surface area contributed by atoms with E-state index in [9.17, 15) is 14.4 Å². The summed E-state index contributed by atoms with van der Waals surface area (Å²) in [6.45, 7) is 0.767. The molecule has 1 saturated carbocycles. The Morgan fingerprint density at radius 2 is 1.70 bits per heavy atom. The zero-order valence-electron chi connectivity index (χ0n) is 18.1. The first kappa shape index (κ1) is 23.9. The highest BCUT2D eigenvalue weighted by Gasteiger charge is 2.57. The van der Waals surface area contributed by atoms with Gasteiger partial charge in [0.25, 0.3) is 5.91 Å². The minimum atomic E-state index is -1.08. The van der Waals surface area contributed by atoms with Crippen LogP contribution in [0.5, 0.6) is 0 Å². The lowest BCUT2D eigenvalue weighted by Gasteiger charge is -2.43. The summed E-state index contributed by atoms with van der Waals surface area (Å²) in [5.74, 6) is -1.17. The third kappa shape index (κ3) is 4.57. The number of primary amides is 1. The summed E-state index contributed by atoms with van der Waals surface area (Å²) < 4.78 is 0. The molecule has 2 aliphatic rings. The highest BCUT2D eigenvalue weighted by atomic mass is 35.5. The number of rotatable bonds is 5. The first-order valence-corrected chi connectivity index (χ1v) is 11.8. The maximum absolute atomic E-state index is 13.2. The summed E-state index contributed by atoms with van der Waals surface area (Å²) in [4.78, 5) is 41.7. The SMILES string of the molecule is CN(C(=O)c1ccc(Cl)cc1)[C@@H]1CCN(C(=O)C2(C(N)=O)CC2)C[C@H]1c1ccc(Cl)c(Cl)c1. The zero-order chi connectivity index (χ0) is 23.9. The van der Waals surface area contributed by atoms with Crippen LogP contribution in [0, 0.1) is 5.41 Å². The van der Waals surface area contributed by atoms with Crippen molar-refractivity contribution in [3.63, 3.8) is 0 Å². The van der Waals surface area contributed by atoms with Crippen molar-refractivity contribution in [3.05, 3.63) is 68.7 Å². The maximum Gasteiger partial charge on any atom is 0.253 e. The number of carbonyl (C=O) groups excluding carboxylic acids is 3. The highest BCUT2D eigenvalue weighted by Crippen LogP contribution is 2.48. The summed E-state index contributed by atoms with van der Waals surface area (Å²) in [5, 5.41) is 1.38. The fourth-order valence-corrected chi connectivity index (χ4v) is 5.03. The predicted molar refractivity (Wildman–Crippen MR) is 129 cm³/mol. The van der Waals surface area contributed by atoms with Crippen molar-refractivity contribution in [2.45, 2.75) is 31.2 Å². The lowest BCUT2D eigenvalue weighted by molar-refractivity contribution is -0.144. The topological polar surface area (TPSA) is 83.7 Å². The normalized spacial score (nSPS) is 21.4. The van der Waals surface area contributed by atoms with Crippen molar-refractivity contribution in [3.8, 4) is 0 Å². The third-order valence-electron chi connectivity index (χ3n) is 6.78. The quantitative estimate of drug-likeness (QED) is 0.609. The number of benzene rings is 2. The molecule has 9 heteroatoms. The molecule has 2 atom stereocenters. The number of nitrogens with two attached hydrogens (primary N) is 1. The Balaban J connectivity index is 1.63. The largest absolute Gasteiger partial charge is 0.369 e. The molecule has 1 heterocycles.